The minimum absolute atomic E-state index is 0.101. The van der Waals surface area contributed by atoms with Gasteiger partial charge in [0.2, 0.25) is 0 Å². The van der Waals surface area contributed by atoms with Gasteiger partial charge in [-0.1, -0.05) is 160 Å². The summed E-state index contributed by atoms with van der Waals surface area (Å²) in [6.45, 7) is 6.40. The standard InChI is InChI=1S/C43H76O6/c1-4-5-6-7-8-9-10-16-19-22-25-28-32-40-41(49-40)33-30-35-42(45)47-37-39(36-44)48-43(46)34-29-26-23-20-17-14-12-11-13-15-18-21-24-27-31-38(2)3/h8-9,16,19,25,28,38-41,44H,4-7,10-15,17-18,20-24,26-27,29-37H2,1-3H3/b9-8-,19-16-,28-25-/t39-,40?,41?/m0/s1. The summed E-state index contributed by atoms with van der Waals surface area (Å²) >= 11 is 0. The van der Waals surface area contributed by atoms with Crippen molar-refractivity contribution < 1.29 is 28.9 Å². The lowest BCUT2D eigenvalue weighted by molar-refractivity contribution is -0.161. The zero-order valence-corrected chi connectivity index (χ0v) is 32.1. The number of ether oxygens (including phenoxy) is 3. The fourth-order valence-corrected chi connectivity index (χ4v) is 6.06. The summed E-state index contributed by atoms with van der Waals surface area (Å²) in [6, 6.07) is 0. The molecule has 0 aromatic carbocycles. The Kier molecular flexibility index (Phi) is 30.6. The number of epoxide rings is 1. The van der Waals surface area contributed by atoms with Crippen molar-refractivity contribution >= 4 is 11.9 Å². The van der Waals surface area contributed by atoms with Crippen molar-refractivity contribution in [3.8, 4) is 0 Å². The number of carbonyl (C=O) groups is 2. The van der Waals surface area contributed by atoms with Gasteiger partial charge in [-0.05, 0) is 57.3 Å². The van der Waals surface area contributed by atoms with Crippen LogP contribution in [0.1, 0.15) is 188 Å². The number of esters is 2. The van der Waals surface area contributed by atoms with Crippen molar-refractivity contribution in [3.63, 3.8) is 0 Å². The molecule has 0 spiro atoms. The van der Waals surface area contributed by atoms with Crippen LogP contribution in [-0.4, -0.2) is 48.6 Å². The first-order chi connectivity index (χ1) is 24.0. The molecule has 0 aliphatic carbocycles. The van der Waals surface area contributed by atoms with E-state index in [0.29, 0.717) is 19.3 Å². The van der Waals surface area contributed by atoms with Crippen LogP contribution >= 0.6 is 0 Å². The molecule has 1 saturated heterocycles. The van der Waals surface area contributed by atoms with Crippen molar-refractivity contribution in [2.45, 2.75) is 206 Å². The van der Waals surface area contributed by atoms with Crippen molar-refractivity contribution in [1.82, 2.24) is 0 Å². The molecule has 1 aliphatic heterocycles. The second-order valence-corrected chi connectivity index (χ2v) is 14.6. The van der Waals surface area contributed by atoms with E-state index < -0.39 is 6.10 Å². The maximum absolute atomic E-state index is 12.2. The summed E-state index contributed by atoms with van der Waals surface area (Å²) in [5.41, 5.74) is 0. The predicted molar refractivity (Wildman–Crippen MR) is 205 cm³/mol. The van der Waals surface area contributed by atoms with Crippen LogP contribution in [0.2, 0.25) is 0 Å². The first kappa shape index (κ1) is 45.1. The van der Waals surface area contributed by atoms with Gasteiger partial charge >= 0.3 is 11.9 Å². The van der Waals surface area contributed by atoms with E-state index in [1.807, 2.05) is 0 Å². The molecule has 0 radical (unpaired) electrons. The lowest BCUT2D eigenvalue weighted by atomic mass is 10.0. The second kappa shape index (κ2) is 33.2. The number of hydrogen-bond donors (Lipinski definition) is 1. The SMILES string of the molecule is CCCCC/C=C\C/C=C\C/C=C\CC1OC1CCCC(=O)OC[C@H](CO)OC(=O)CCCCCCCCCCCCCCCCC(C)C. The average Bonchev–Trinajstić information content (AvgIpc) is 3.84. The molecule has 6 nitrogen and oxygen atoms in total. The van der Waals surface area contributed by atoms with E-state index >= 15 is 0 Å². The van der Waals surface area contributed by atoms with E-state index in [-0.39, 0.29) is 37.4 Å². The summed E-state index contributed by atoms with van der Waals surface area (Å²) in [7, 11) is 0. The van der Waals surface area contributed by atoms with Crippen LogP contribution in [0.5, 0.6) is 0 Å². The molecule has 0 aromatic heterocycles. The molecular weight excluding hydrogens is 612 g/mol. The monoisotopic (exact) mass is 689 g/mol. The van der Waals surface area contributed by atoms with Gasteiger partial charge in [-0.25, -0.2) is 0 Å². The molecule has 2 unspecified atom stereocenters. The smallest absolute Gasteiger partial charge is 0.306 e. The predicted octanol–water partition coefficient (Wildman–Crippen LogP) is 11.7. The lowest BCUT2D eigenvalue weighted by Gasteiger charge is -2.15. The second-order valence-electron chi connectivity index (χ2n) is 14.6. The van der Waals surface area contributed by atoms with Crippen LogP contribution in [0.15, 0.2) is 36.5 Å². The summed E-state index contributed by atoms with van der Waals surface area (Å²) in [5, 5.41) is 9.58. The number of hydrogen-bond acceptors (Lipinski definition) is 6. The van der Waals surface area contributed by atoms with E-state index in [9.17, 15) is 14.7 Å². The topological polar surface area (TPSA) is 85.4 Å². The largest absolute Gasteiger partial charge is 0.462 e. The van der Waals surface area contributed by atoms with Crippen molar-refractivity contribution in [1.29, 1.82) is 0 Å². The molecule has 49 heavy (non-hydrogen) atoms. The van der Waals surface area contributed by atoms with Crippen molar-refractivity contribution in [2.24, 2.45) is 5.92 Å². The third kappa shape index (κ3) is 30.6. The van der Waals surface area contributed by atoms with E-state index in [4.69, 9.17) is 14.2 Å². The van der Waals surface area contributed by atoms with Gasteiger partial charge in [0, 0.05) is 12.8 Å². The Balaban J connectivity index is 1.92. The van der Waals surface area contributed by atoms with Gasteiger partial charge in [0.15, 0.2) is 6.10 Å². The minimum atomic E-state index is -0.800. The van der Waals surface area contributed by atoms with E-state index in [2.05, 4.69) is 57.2 Å². The number of carbonyl (C=O) groups excluding carboxylic acids is 2. The highest BCUT2D eigenvalue weighted by atomic mass is 16.6. The zero-order valence-electron chi connectivity index (χ0n) is 32.1. The maximum Gasteiger partial charge on any atom is 0.306 e. The Bertz CT molecular complexity index is 862. The van der Waals surface area contributed by atoms with Gasteiger partial charge in [0.05, 0.1) is 18.8 Å². The molecule has 0 saturated carbocycles. The Morgan fingerprint density at radius 2 is 1.20 bits per heavy atom. The van der Waals surface area contributed by atoms with Gasteiger partial charge in [-0.3, -0.25) is 9.59 Å². The minimum Gasteiger partial charge on any atom is -0.462 e. The molecule has 0 aromatic rings. The van der Waals surface area contributed by atoms with E-state index in [0.717, 1.165) is 50.9 Å². The number of allylic oxidation sites excluding steroid dienone is 5. The fraction of sp³-hybridized carbons (Fsp3) is 0.814. The molecule has 284 valence electrons. The molecule has 1 aliphatic rings. The molecular formula is C43H76O6. The quantitative estimate of drug-likeness (QED) is 0.0309. The van der Waals surface area contributed by atoms with Gasteiger partial charge in [-0.2, -0.15) is 0 Å². The Morgan fingerprint density at radius 1 is 0.653 bits per heavy atom. The maximum atomic E-state index is 12.2. The van der Waals surface area contributed by atoms with E-state index in [1.165, 1.54) is 103 Å². The molecule has 0 bridgehead atoms. The fourth-order valence-electron chi connectivity index (χ4n) is 6.06. The number of aliphatic hydroxyl groups is 1. The third-order valence-electron chi connectivity index (χ3n) is 9.29. The highest BCUT2D eigenvalue weighted by Crippen LogP contribution is 2.30. The Labute approximate surface area is 301 Å². The highest BCUT2D eigenvalue weighted by Gasteiger charge is 2.36. The number of rotatable bonds is 35. The molecule has 3 atom stereocenters. The van der Waals surface area contributed by atoms with Gasteiger partial charge in [-0.15, -0.1) is 0 Å². The van der Waals surface area contributed by atoms with Gasteiger partial charge in [0.25, 0.3) is 0 Å². The Hall–Kier alpha value is -1.92. The average molecular weight is 689 g/mol. The first-order valence-electron chi connectivity index (χ1n) is 20.5. The van der Waals surface area contributed by atoms with Crippen molar-refractivity contribution in [2.75, 3.05) is 13.2 Å². The Morgan fingerprint density at radius 3 is 1.80 bits per heavy atom. The number of unbranched alkanes of at least 4 members (excludes halogenated alkanes) is 16. The zero-order chi connectivity index (χ0) is 35.6. The summed E-state index contributed by atoms with van der Waals surface area (Å²) in [4.78, 5) is 24.4. The van der Waals surface area contributed by atoms with Crippen LogP contribution in [0.4, 0.5) is 0 Å². The molecule has 1 heterocycles. The number of aliphatic hydroxyl groups excluding tert-OH is 1. The van der Waals surface area contributed by atoms with Crippen molar-refractivity contribution in [3.05, 3.63) is 36.5 Å². The van der Waals surface area contributed by atoms with Crippen LogP contribution in [0.3, 0.4) is 0 Å². The molecule has 6 heteroatoms. The molecule has 1 rings (SSSR count). The summed E-state index contributed by atoms with van der Waals surface area (Å²) in [6.07, 6.45) is 42.3. The molecule has 1 N–H and O–H groups in total. The van der Waals surface area contributed by atoms with Crippen LogP contribution in [0, 0.1) is 5.92 Å². The van der Waals surface area contributed by atoms with Gasteiger partial charge < -0.3 is 19.3 Å². The third-order valence-corrected chi connectivity index (χ3v) is 9.29. The van der Waals surface area contributed by atoms with Gasteiger partial charge in [0.1, 0.15) is 6.61 Å². The highest BCUT2D eigenvalue weighted by molar-refractivity contribution is 5.70. The summed E-state index contributed by atoms with van der Waals surface area (Å²) < 4.78 is 16.3. The summed E-state index contributed by atoms with van der Waals surface area (Å²) in [5.74, 6) is 0.183. The first-order valence-corrected chi connectivity index (χ1v) is 20.5. The molecule has 1 fully saturated rings. The van der Waals surface area contributed by atoms with Crippen LogP contribution in [0.25, 0.3) is 0 Å². The normalized spacial score (nSPS) is 16.8. The lowest BCUT2D eigenvalue weighted by Crippen LogP contribution is -2.28. The van der Waals surface area contributed by atoms with E-state index in [1.54, 1.807) is 0 Å². The van der Waals surface area contributed by atoms with Crippen LogP contribution < -0.4 is 0 Å². The van der Waals surface area contributed by atoms with Crippen LogP contribution in [-0.2, 0) is 23.8 Å². The molecule has 0 amide bonds.